The van der Waals surface area contributed by atoms with E-state index in [1.54, 1.807) is 6.92 Å². The fraction of sp³-hybridized carbons (Fsp3) is 0.286. The van der Waals surface area contributed by atoms with Crippen molar-refractivity contribution in [1.82, 2.24) is 9.97 Å². The fourth-order valence-corrected chi connectivity index (χ4v) is 1.62. The third-order valence-corrected chi connectivity index (χ3v) is 2.68. The lowest BCUT2D eigenvalue weighted by molar-refractivity contribution is 0.419. The Morgan fingerprint density at radius 3 is 2.80 bits per heavy atom. The minimum Gasteiger partial charge on any atom is -0.435 e. The number of nitrogens with zero attached hydrogens (tertiary/aromatic N) is 2. The van der Waals surface area contributed by atoms with Crippen LogP contribution in [0.15, 0.2) is 24.5 Å². The summed E-state index contributed by atoms with van der Waals surface area (Å²) >= 11 is 0. The molecule has 0 aliphatic rings. The Balaban J connectivity index is 2.27. The van der Waals surface area contributed by atoms with Crippen molar-refractivity contribution >= 4 is 5.82 Å². The molecule has 6 heteroatoms. The molecule has 0 atom stereocenters. The van der Waals surface area contributed by atoms with Crippen LogP contribution in [0.4, 0.5) is 14.6 Å². The summed E-state index contributed by atoms with van der Waals surface area (Å²) in [5.41, 5.74) is 0.643. The molecule has 0 bridgehead atoms. The summed E-state index contributed by atoms with van der Waals surface area (Å²) in [7, 11) is 0. The average molecular weight is 279 g/mol. The molecule has 2 rings (SSSR count). The molecule has 1 aromatic carbocycles. The Bertz CT molecular complexity index is 605. The van der Waals surface area contributed by atoms with Crippen molar-refractivity contribution in [2.75, 3.05) is 11.9 Å². The van der Waals surface area contributed by atoms with Gasteiger partial charge < -0.3 is 10.1 Å². The van der Waals surface area contributed by atoms with Gasteiger partial charge in [-0.15, -0.1) is 0 Å². The van der Waals surface area contributed by atoms with Gasteiger partial charge in [0.1, 0.15) is 18.0 Å². The summed E-state index contributed by atoms with van der Waals surface area (Å²) in [6.45, 7) is 4.54. The molecule has 0 saturated carbocycles. The maximum absolute atomic E-state index is 13.5. The van der Waals surface area contributed by atoms with Gasteiger partial charge in [0.15, 0.2) is 11.6 Å². The van der Waals surface area contributed by atoms with Gasteiger partial charge in [-0.2, -0.15) is 0 Å². The second-order valence-electron chi connectivity index (χ2n) is 4.26. The monoisotopic (exact) mass is 279 g/mol. The van der Waals surface area contributed by atoms with Crippen molar-refractivity contribution < 1.29 is 13.5 Å². The molecule has 20 heavy (non-hydrogen) atoms. The highest BCUT2D eigenvalue weighted by Crippen LogP contribution is 2.28. The zero-order valence-electron chi connectivity index (χ0n) is 11.3. The molecule has 0 spiro atoms. The number of anilines is 1. The number of nitrogens with one attached hydrogen (secondary N) is 1. The highest BCUT2D eigenvalue weighted by molar-refractivity contribution is 5.48. The van der Waals surface area contributed by atoms with Gasteiger partial charge in [-0.25, -0.2) is 18.7 Å². The van der Waals surface area contributed by atoms with Crippen LogP contribution >= 0.6 is 0 Å². The molecule has 0 fully saturated rings. The predicted octanol–water partition coefficient (Wildman–Crippen LogP) is 3.68. The van der Waals surface area contributed by atoms with Gasteiger partial charge in [0.2, 0.25) is 5.88 Å². The van der Waals surface area contributed by atoms with E-state index in [2.05, 4.69) is 15.3 Å². The van der Waals surface area contributed by atoms with Crippen molar-refractivity contribution in [1.29, 1.82) is 0 Å². The number of halogens is 2. The third kappa shape index (κ3) is 3.20. The molecule has 106 valence electrons. The molecule has 0 saturated heterocycles. The molecular weight excluding hydrogens is 264 g/mol. The van der Waals surface area contributed by atoms with Gasteiger partial charge in [0, 0.05) is 12.6 Å². The summed E-state index contributed by atoms with van der Waals surface area (Å²) < 4.78 is 32.0. The number of hydrogen-bond donors (Lipinski definition) is 1. The van der Waals surface area contributed by atoms with Crippen LogP contribution in [0, 0.1) is 18.6 Å². The van der Waals surface area contributed by atoms with Gasteiger partial charge in [0.25, 0.3) is 0 Å². The maximum Gasteiger partial charge on any atom is 0.227 e. The van der Waals surface area contributed by atoms with Crippen molar-refractivity contribution in [3.05, 3.63) is 41.7 Å². The Labute approximate surface area is 115 Å². The summed E-state index contributed by atoms with van der Waals surface area (Å²) in [4.78, 5) is 8.04. The van der Waals surface area contributed by atoms with E-state index < -0.39 is 11.6 Å². The Kier molecular flexibility index (Phi) is 4.45. The molecule has 0 amide bonds. The first kappa shape index (κ1) is 14.2. The Morgan fingerprint density at radius 1 is 1.25 bits per heavy atom. The zero-order valence-corrected chi connectivity index (χ0v) is 11.3. The van der Waals surface area contributed by atoms with E-state index in [1.165, 1.54) is 6.33 Å². The number of hydrogen-bond acceptors (Lipinski definition) is 4. The van der Waals surface area contributed by atoms with Crippen LogP contribution in [0.5, 0.6) is 11.6 Å². The van der Waals surface area contributed by atoms with Crippen LogP contribution in [-0.2, 0) is 0 Å². The second-order valence-corrected chi connectivity index (χ2v) is 4.26. The van der Waals surface area contributed by atoms with E-state index in [0.717, 1.165) is 31.2 Å². The van der Waals surface area contributed by atoms with Gasteiger partial charge in [-0.05, 0) is 25.5 Å². The van der Waals surface area contributed by atoms with Crippen molar-refractivity contribution in [2.45, 2.75) is 20.3 Å². The molecular formula is C14H15F2N3O. The fourth-order valence-electron chi connectivity index (χ4n) is 1.62. The molecule has 0 aliphatic carbocycles. The van der Waals surface area contributed by atoms with Crippen LogP contribution in [0.1, 0.15) is 18.9 Å². The van der Waals surface area contributed by atoms with Crippen molar-refractivity contribution in [2.24, 2.45) is 0 Å². The van der Waals surface area contributed by atoms with Gasteiger partial charge in [-0.3, -0.25) is 0 Å². The van der Waals surface area contributed by atoms with Crippen LogP contribution in [0.3, 0.4) is 0 Å². The van der Waals surface area contributed by atoms with Crippen molar-refractivity contribution in [3.63, 3.8) is 0 Å². The second kappa shape index (κ2) is 6.27. The zero-order chi connectivity index (χ0) is 14.5. The Hall–Kier alpha value is -2.24. The molecule has 2 aromatic rings. The number of rotatable bonds is 5. The van der Waals surface area contributed by atoms with Gasteiger partial charge in [-0.1, -0.05) is 6.92 Å². The van der Waals surface area contributed by atoms with E-state index >= 15 is 0 Å². The summed E-state index contributed by atoms with van der Waals surface area (Å²) in [5.74, 6) is -0.602. The average Bonchev–Trinajstić information content (AvgIpc) is 2.44. The van der Waals surface area contributed by atoms with E-state index in [1.807, 2.05) is 6.92 Å². The lowest BCUT2D eigenvalue weighted by atomic mass is 10.3. The SMILES string of the molecule is CCCNc1ncnc(Oc2cc(F)ccc2F)c1C. The largest absolute Gasteiger partial charge is 0.435 e. The van der Waals surface area contributed by atoms with Gasteiger partial charge >= 0.3 is 0 Å². The number of aromatic nitrogens is 2. The van der Waals surface area contributed by atoms with E-state index in [0.29, 0.717) is 11.4 Å². The molecule has 1 heterocycles. The van der Waals surface area contributed by atoms with Crippen LogP contribution in [0.25, 0.3) is 0 Å². The third-order valence-electron chi connectivity index (χ3n) is 2.68. The standard InChI is InChI=1S/C14H15F2N3O/c1-3-6-17-13-9(2)14(19-8-18-13)20-12-7-10(15)4-5-11(12)16/h4-5,7-8H,3,6H2,1-2H3,(H,17,18,19). The molecule has 1 aromatic heterocycles. The first-order chi connectivity index (χ1) is 9.61. The Morgan fingerprint density at radius 2 is 2.05 bits per heavy atom. The molecule has 0 unspecified atom stereocenters. The summed E-state index contributed by atoms with van der Waals surface area (Å²) in [5, 5.41) is 3.12. The van der Waals surface area contributed by atoms with Crippen LogP contribution < -0.4 is 10.1 Å². The quantitative estimate of drug-likeness (QED) is 0.907. The molecule has 4 nitrogen and oxygen atoms in total. The maximum atomic E-state index is 13.5. The predicted molar refractivity (Wildman–Crippen MR) is 72.0 cm³/mol. The summed E-state index contributed by atoms with van der Waals surface area (Å²) in [6, 6.07) is 3.02. The van der Waals surface area contributed by atoms with Crippen LogP contribution in [0.2, 0.25) is 0 Å². The molecule has 1 N–H and O–H groups in total. The minimum atomic E-state index is -0.646. The topological polar surface area (TPSA) is 47.0 Å². The smallest absolute Gasteiger partial charge is 0.227 e. The van der Waals surface area contributed by atoms with Crippen LogP contribution in [-0.4, -0.2) is 16.5 Å². The van der Waals surface area contributed by atoms with Gasteiger partial charge in [0.05, 0.1) is 5.56 Å². The van der Waals surface area contributed by atoms with E-state index in [9.17, 15) is 8.78 Å². The first-order valence-corrected chi connectivity index (χ1v) is 6.30. The summed E-state index contributed by atoms with van der Waals surface area (Å²) in [6.07, 6.45) is 2.26. The molecule has 0 aliphatic heterocycles. The lowest BCUT2D eigenvalue weighted by Gasteiger charge is -2.11. The van der Waals surface area contributed by atoms with E-state index in [-0.39, 0.29) is 11.6 Å². The first-order valence-electron chi connectivity index (χ1n) is 6.30. The highest BCUT2D eigenvalue weighted by atomic mass is 19.1. The highest BCUT2D eigenvalue weighted by Gasteiger charge is 2.12. The number of benzene rings is 1. The minimum absolute atomic E-state index is 0.197. The van der Waals surface area contributed by atoms with Crippen molar-refractivity contribution in [3.8, 4) is 11.6 Å². The van der Waals surface area contributed by atoms with E-state index in [4.69, 9.17) is 4.74 Å². The normalized spacial score (nSPS) is 10.4. The number of ether oxygens (including phenoxy) is 1. The molecule has 0 radical (unpaired) electrons. The lowest BCUT2D eigenvalue weighted by Crippen LogP contribution is -2.05.